The predicted molar refractivity (Wildman–Crippen MR) is 105 cm³/mol. The number of hydrogen-bond donors (Lipinski definition) is 1. The SMILES string of the molecule is COC(=O)c1ccc(C(=O)Nc2ccccc2C2=NC(C)(C)CO2)cc1OC. The van der Waals surface area contributed by atoms with Crippen molar-refractivity contribution in [1.29, 1.82) is 0 Å². The Balaban J connectivity index is 1.88. The number of methoxy groups -OCH3 is 2. The number of amides is 1. The summed E-state index contributed by atoms with van der Waals surface area (Å²) < 4.78 is 15.6. The van der Waals surface area contributed by atoms with Gasteiger partial charge in [-0.2, -0.15) is 0 Å². The third-order valence-electron chi connectivity index (χ3n) is 4.24. The van der Waals surface area contributed by atoms with Crippen LogP contribution in [0.2, 0.25) is 0 Å². The van der Waals surface area contributed by atoms with E-state index in [0.29, 0.717) is 29.3 Å². The fourth-order valence-electron chi connectivity index (χ4n) is 2.81. The first-order valence-electron chi connectivity index (χ1n) is 8.74. The summed E-state index contributed by atoms with van der Waals surface area (Å²) in [4.78, 5) is 29.1. The summed E-state index contributed by atoms with van der Waals surface area (Å²) in [5.74, 6) is -0.120. The Morgan fingerprint density at radius 3 is 2.54 bits per heavy atom. The summed E-state index contributed by atoms with van der Waals surface area (Å²) in [6, 6.07) is 11.8. The normalized spacial score (nSPS) is 14.6. The molecule has 1 N–H and O–H groups in total. The first kappa shape index (κ1) is 19.4. The van der Waals surface area contributed by atoms with Crippen LogP contribution in [0.5, 0.6) is 5.75 Å². The van der Waals surface area contributed by atoms with Gasteiger partial charge in [0.1, 0.15) is 17.9 Å². The van der Waals surface area contributed by atoms with Crippen molar-refractivity contribution in [2.45, 2.75) is 19.4 Å². The number of carbonyl (C=O) groups is 2. The molecule has 7 heteroatoms. The van der Waals surface area contributed by atoms with Crippen molar-refractivity contribution in [3.8, 4) is 5.75 Å². The zero-order chi connectivity index (χ0) is 20.3. The molecule has 146 valence electrons. The highest BCUT2D eigenvalue weighted by molar-refractivity contribution is 6.10. The van der Waals surface area contributed by atoms with E-state index in [-0.39, 0.29) is 22.8 Å². The lowest BCUT2D eigenvalue weighted by atomic mass is 10.1. The highest BCUT2D eigenvalue weighted by Crippen LogP contribution is 2.26. The van der Waals surface area contributed by atoms with Crippen LogP contribution in [0.1, 0.15) is 40.1 Å². The van der Waals surface area contributed by atoms with E-state index in [1.807, 2.05) is 32.0 Å². The smallest absolute Gasteiger partial charge is 0.341 e. The molecule has 3 rings (SSSR count). The minimum atomic E-state index is -0.534. The summed E-state index contributed by atoms with van der Waals surface area (Å²) in [6.45, 7) is 4.45. The molecule has 2 aromatic carbocycles. The maximum Gasteiger partial charge on any atom is 0.341 e. The van der Waals surface area contributed by atoms with Gasteiger partial charge >= 0.3 is 5.97 Å². The number of nitrogens with zero attached hydrogens (tertiary/aromatic N) is 1. The number of nitrogens with one attached hydrogen (secondary N) is 1. The molecular weight excluding hydrogens is 360 g/mol. The van der Waals surface area contributed by atoms with Gasteiger partial charge in [0.25, 0.3) is 5.91 Å². The van der Waals surface area contributed by atoms with Crippen LogP contribution >= 0.6 is 0 Å². The average molecular weight is 382 g/mol. The molecule has 0 spiro atoms. The fourth-order valence-corrected chi connectivity index (χ4v) is 2.81. The van der Waals surface area contributed by atoms with Gasteiger partial charge in [0.2, 0.25) is 5.90 Å². The number of rotatable bonds is 5. The Morgan fingerprint density at radius 1 is 1.14 bits per heavy atom. The number of para-hydroxylation sites is 1. The molecule has 28 heavy (non-hydrogen) atoms. The number of esters is 1. The van der Waals surface area contributed by atoms with Gasteiger partial charge in [0, 0.05) is 5.56 Å². The molecule has 1 aliphatic heterocycles. The molecule has 0 radical (unpaired) electrons. The number of aliphatic imine (C=N–C) groups is 1. The van der Waals surface area contributed by atoms with E-state index >= 15 is 0 Å². The monoisotopic (exact) mass is 382 g/mol. The Kier molecular flexibility index (Phi) is 5.35. The van der Waals surface area contributed by atoms with Crippen LogP contribution in [0, 0.1) is 0 Å². The minimum absolute atomic E-state index is 0.248. The second-order valence-corrected chi connectivity index (χ2v) is 6.92. The van der Waals surface area contributed by atoms with Crippen molar-refractivity contribution in [2.24, 2.45) is 4.99 Å². The fraction of sp³-hybridized carbons (Fsp3) is 0.286. The van der Waals surface area contributed by atoms with Crippen molar-refractivity contribution in [3.63, 3.8) is 0 Å². The van der Waals surface area contributed by atoms with Crippen LogP contribution in [-0.2, 0) is 9.47 Å². The van der Waals surface area contributed by atoms with Gasteiger partial charge in [0.05, 0.1) is 31.0 Å². The molecule has 7 nitrogen and oxygen atoms in total. The Hall–Kier alpha value is -3.35. The van der Waals surface area contributed by atoms with E-state index in [1.165, 1.54) is 26.4 Å². The van der Waals surface area contributed by atoms with Crippen molar-refractivity contribution in [3.05, 3.63) is 59.2 Å². The second kappa shape index (κ2) is 7.72. The van der Waals surface area contributed by atoms with Crippen molar-refractivity contribution < 1.29 is 23.8 Å². The zero-order valence-electron chi connectivity index (χ0n) is 16.2. The molecule has 0 fully saturated rings. The first-order chi connectivity index (χ1) is 13.3. The van der Waals surface area contributed by atoms with Crippen molar-refractivity contribution >= 4 is 23.5 Å². The largest absolute Gasteiger partial charge is 0.496 e. The molecule has 1 heterocycles. The molecule has 0 atom stereocenters. The molecule has 0 unspecified atom stereocenters. The van der Waals surface area contributed by atoms with Gasteiger partial charge in [0.15, 0.2) is 0 Å². The Bertz CT molecular complexity index is 950. The van der Waals surface area contributed by atoms with Crippen LogP contribution < -0.4 is 10.1 Å². The summed E-state index contributed by atoms with van der Waals surface area (Å²) in [5.41, 5.74) is 1.58. The maximum atomic E-state index is 12.8. The lowest BCUT2D eigenvalue weighted by Gasteiger charge is -2.12. The maximum absolute atomic E-state index is 12.8. The van der Waals surface area contributed by atoms with Gasteiger partial charge in [-0.05, 0) is 44.2 Å². The highest BCUT2D eigenvalue weighted by Gasteiger charge is 2.28. The molecule has 1 aliphatic rings. The summed E-state index contributed by atoms with van der Waals surface area (Å²) in [6.07, 6.45) is 0. The molecule has 0 saturated heterocycles. The summed E-state index contributed by atoms with van der Waals surface area (Å²) in [5, 5.41) is 2.87. The molecule has 2 aromatic rings. The van der Waals surface area contributed by atoms with Crippen molar-refractivity contribution in [1.82, 2.24) is 0 Å². The minimum Gasteiger partial charge on any atom is -0.496 e. The molecule has 0 aromatic heterocycles. The number of anilines is 1. The first-order valence-corrected chi connectivity index (χ1v) is 8.74. The zero-order valence-corrected chi connectivity index (χ0v) is 16.2. The number of carbonyl (C=O) groups excluding carboxylic acids is 2. The topological polar surface area (TPSA) is 86.2 Å². The highest BCUT2D eigenvalue weighted by atomic mass is 16.5. The van der Waals surface area contributed by atoms with Gasteiger partial charge in [-0.25, -0.2) is 9.79 Å². The lowest BCUT2D eigenvalue weighted by Crippen LogP contribution is -2.17. The molecule has 0 saturated carbocycles. The van der Waals surface area contributed by atoms with Crippen LogP contribution in [0.15, 0.2) is 47.5 Å². The molecular formula is C21H22N2O5. The van der Waals surface area contributed by atoms with E-state index in [0.717, 1.165) is 0 Å². The molecule has 0 bridgehead atoms. The van der Waals surface area contributed by atoms with Crippen molar-refractivity contribution in [2.75, 3.05) is 26.1 Å². The third-order valence-corrected chi connectivity index (χ3v) is 4.24. The average Bonchev–Trinajstić information content (AvgIpc) is 3.06. The lowest BCUT2D eigenvalue weighted by molar-refractivity contribution is 0.0596. The molecule has 1 amide bonds. The standard InChI is InChI=1S/C21H22N2O5/c1-21(2)12-28-19(23-21)14-7-5-6-8-16(14)22-18(24)13-9-10-15(20(25)27-4)17(11-13)26-3/h5-11H,12H2,1-4H3,(H,22,24). The number of benzene rings is 2. The van der Waals surface area contributed by atoms with E-state index in [2.05, 4.69) is 10.3 Å². The van der Waals surface area contributed by atoms with E-state index < -0.39 is 5.97 Å². The number of ether oxygens (including phenoxy) is 3. The number of hydrogen-bond acceptors (Lipinski definition) is 6. The summed E-state index contributed by atoms with van der Waals surface area (Å²) >= 11 is 0. The van der Waals surface area contributed by atoms with E-state index in [1.54, 1.807) is 12.1 Å². The van der Waals surface area contributed by atoms with E-state index in [9.17, 15) is 9.59 Å². The quantitative estimate of drug-likeness (QED) is 0.802. The van der Waals surface area contributed by atoms with Crippen LogP contribution in [0.25, 0.3) is 0 Å². The molecule has 0 aliphatic carbocycles. The van der Waals surface area contributed by atoms with Gasteiger partial charge in [-0.1, -0.05) is 12.1 Å². The van der Waals surface area contributed by atoms with Gasteiger partial charge in [-0.3, -0.25) is 4.79 Å². The van der Waals surface area contributed by atoms with E-state index in [4.69, 9.17) is 14.2 Å². The summed E-state index contributed by atoms with van der Waals surface area (Å²) in [7, 11) is 2.71. The second-order valence-electron chi connectivity index (χ2n) is 6.92. The predicted octanol–water partition coefficient (Wildman–Crippen LogP) is 3.29. The Labute approximate surface area is 163 Å². The Morgan fingerprint density at radius 2 is 1.89 bits per heavy atom. The van der Waals surface area contributed by atoms with Gasteiger partial charge < -0.3 is 19.5 Å². The van der Waals surface area contributed by atoms with Crippen LogP contribution in [-0.4, -0.2) is 44.1 Å². The van der Waals surface area contributed by atoms with Crippen LogP contribution in [0.3, 0.4) is 0 Å². The van der Waals surface area contributed by atoms with Gasteiger partial charge in [-0.15, -0.1) is 0 Å². The third kappa shape index (κ3) is 3.98. The van der Waals surface area contributed by atoms with Crippen LogP contribution in [0.4, 0.5) is 5.69 Å².